The van der Waals surface area contributed by atoms with E-state index in [-0.39, 0.29) is 17.4 Å². The molecular weight excluding hydrogens is 604 g/mol. The Hall–Kier alpha value is -4.70. The molecule has 0 aliphatic heterocycles. The van der Waals surface area contributed by atoms with Crippen molar-refractivity contribution in [1.82, 2.24) is 0 Å². The zero-order valence-corrected chi connectivity index (χ0v) is 29.2. The molecule has 0 saturated heterocycles. The highest BCUT2D eigenvalue weighted by atomic mass is 16.5. The molecule has 0 N–H and O–H groups in total. The van der Waals surface area contributed by atoms with E-state index in [9.17, 15) is 9.59 Å². The fourth-order valence-electron chi connectivity index (χ4n) is 7.05. The van der Waals surface area contributed by atoms with Crippen molar-refractivity contribution in [3.8, 4) is 11.1 Å². The number of hydrogen-bond donors (Lipinski definition) is 0. The third kappa shape index (κ3) is 10.2. The molecular formula is C45H50O4. The van der Waals surface area contributed by atoms with Gasteiger partial charge in [0.25, 0.3) is 0 Å². The first-order valence-corrected chi connectivity index (χ1v) is 18.0. The molecule has 0 saturated carbocycles. The Labute approximate surface area is 292 Å². The summed E-state index contributed by atoms with van der Waals surface area (Å²) in [6.45, 7) is 5.30. The first-order valence-electron chi connectivity index (χ1n) is 18.0. The Kier molecular flexibility index (Phi) is 13.2. The summed E-state index contributed by atoms with van der Waals surface area (Å²) < 4.78 is 10.9. The smallest absolute Gasteiger partial charge is 0.330 e. The standard InChI is InChI=1S/C45H50O4/c1-35-21-25-39-40-26-22-36(2)34-42(40)45(41(39)33-35,29-13-3-5-15-31-48-43(46)27-23-37-17-9-7-10-18-37)30-14-4-6-16-32-49-44(47)28-24-38-19-11-8-12-20-38/h7-12,17-28,33-34H,3-6,13-16,29-32H2,1-2H3/b27-23+,28-24+. The van der Waals surface area contributed by atoms with Crippen LogP contribution in [0.4, 0.5) is 0 Å². The first kappa shape index (κ1) is 35.6. The van der Waals surface area contributed by atoms with Crippen molar-refractivity contribution in [1.29, 1.82) is 0 Å². The molecule has 0 fully saturated rings. The van der Waals surface area contributed by atoms with Crippen LogP contribution in [0.25, 0.3) is 23.3 Å². The summed E-state index contributed by atoms with van der Waals surface area (Å²) in [4.78, 5) is 24.3. The Morgan fingerprint density at radius 3 is 1.37 bits per heavy atom. The van der Waals surface area contributed by atoms with Crippen molar-refractivity contribution in [3.05, 3.63) is 143 Å². The quantitative estimate of drug-likeness (QED) is 0.0609. The molecule has 4 aromatic carbocycles. The molecule has 4 aromatic rings. The molecule has 49 heavy (non-hydrogen) atoms. The topological polar surface area (TPSA) is 52.6 Å². The largest absolute Gasteiger partial charge is 0.463 e. The van der Waals surface area contributed by atoms with Gasteiger partial charge in [-0.05, 0) is 85.1 Å². The summed E-state index contributed by atoms with van der Waals surface area (Å²) in [5.74, 6) is -0.573. The minimum atomic E-state index is -0.286. The van der Waals surface area contributed by atoms with Gasteiger partial charge >= 0.3 is 11.9 Å². The number of ether oxygens (including phenoxy) is 2. The summed E-state index contributed by atoms with van der Waals surface area (Å²) in [6, 6.07) is 33.6. The maximum Gasteiger partial charge on any atom is 0.330 e. The number of benzene rings is 4. The second-order valence-electron chi connectivity index (χ2n) is 13.3. The second-order valence-corrected chi connectivity index (χ2v) is 13.3. The lowest BCUT2D eigenvalue weighted by atomic mass is 9.70. The van der Waals surface area contributed by atoms with Crippen LogP contribution in [0, 0.1) is 13.8 Å². The van der Waals surface area contributed by atoms with Crippen LogP contribution in [0.15, 0.2) is 109 Å². The van der Waals surface area contributed by atoms with Gasteiger partial charge in [0, 0.05) is 17.6 Å². The van der Waals surface area contributed by atoms with E-state index in [2.05, 4.69) is 50.2 Å². The van der Waals surface area contributed by atoms with Crippen molar-refractivity contribution in [2.45, 2.75) is 83.5 Å². The maximum atomic E-state index is 12.2. The molecule has 0 unspecified atom stereocenters. The van der Waals surface area contributed by atoms with Gasteiger partial charge in [0.1, 0.15) is 0 Å². The third-order valence-corrected chi connectivity index (χ3v) is 9.58. The molecule has 0 aromatic heterocycles. The predicted octanol–water partition coefficient (Wildman–Crippen LogP) is 11.0. The molecule has 0 bridgehead atoms. The predicted molar refractivity (Wildman–Crippen MR) is 201 cm³/mol. The Morgan fingerprint density at radius 1 is 0.531 bits per heavy atom. The van der Waals surface area contributed by atoms with Gasteiger partial charge in [0.15, 0.2) is 0 Å². The summed E-state index contributed by atoms with van der Waals surface area (Å²) in [6.07, 6.45) is 17.1. The summed E-state index contributed by atoms with van der Waals surface area (Å²) in [7, 11) is 0. The van der Waals surface area contributed by atoms with E-state index in [1.54, 1.807) is 12.2 Å². The second kappa shape index (κ2) is 18.2. The Balaban J connectivity index is 1.12. The fraction of sp³-hybridized carbons (Fsp3) is 0.333. The highest BCUT2D eigenvalue weighted by molar-refractivity contribution is 5.87. The van der Waals surface area contributed by atoms with Crippen LogP contribution in [-0.4, -0.2) is 25.2 Å². The van der Waals surface area contributed by atoms with Crippen LogP contribution in [0.3, 0.4) is 0 Å². The molecule has 1 aliphatic rings. The number of carbonyl (C=O) groups excluding carboxylic acids is 2. The summed E-state index contributed by atoms with van der Waals surface area (Å²) in [5, 5.41) is 0. The van der Waals surface area contributed by atoms with Crippen molar-refractivity contribution in [2.24, 2.45) is 0 Å². The van der Waals surface area contributed by atoms with E-state index >= 15 is 0 Å². The highest BCUT2D eigenvalue weighted by Gasteiger charge is 2.42. The number of fused-ring (bicyclic) bond motifs is 3. The van der Waals surface area contributed by atoms with Gasteiger partial charge in [-0.2, -0.15) is 0 Å². The maximum absolute atomic E-state index is 12.2. The molecule has 0 amide bonds. The van der Waals surface area contributed by atoms with Gasteiger partial charge in [0.2, 0.25) is 0 Å². The molecule has 254 valence electrons. The highest BCUT2D eigenvalue weighted by Crippen LogP contribution is 2.54. The van der Waals surface area contributed by atoms with Crippen molar-refractivity contribution in [2.75, 3.05) is 13.2 Å². The average Bonchev–Trinajstić information content (AvgIpc) is 3.37. The third-order valence-electron chi connectivity index (χ3n) is 9.58. The summed E-state index contributed by atoms with van der Waals surface area (Å²) in [5.41, 5.74) is 10.3. The van der Waals surface area contributed by atoms with Crippen LogP contribution < -0.4 is 0 Å². The SMILES string of the molecule is Cc1ccc2c(c1)C(CCCCCCOC(=O)/C=C/c1ccccc1)(CCCCCCOC(=O)/C=C/c1ccccc1)c1cc(C)ccc1-2. The lowest BCUT2D eigenvalue weighted by Crippen LogP contribution is -2.25. The first-order chi connectivity index (χ1) is 23.9. The lowest BCUT2D eigenvalue weighted by Gasteiger charge is -2.33. The van der Waals surface area contributed by atoms with E-state index < -0.39 is 0 Å². The minimum Gasteiger partial charge on any atom is -0.463 e. The van der Waals surface area contributed by atoms with Gasteiger partial charge in [-0.25, -0.2) is 9.59 Å². The van der Waals surface area contributed by atoms with Crippen LogP contribution in [0.5, 0.6) is 0 Å². The molecule has 4 nitrogen and oxygen atoms in total. The van der Waals surface area contributed by atoms with Gasteiger partial charge in [-0.1, -0.05) is 147 Å². The minimum absolute atomic E-state index is 0.00783. The lowest BCUT2D eigenvalue weighted by molar-refractivity contribution is -0.138. The molecule has 4 heteroatoms. The van der Waals surface area contributed by atoms with Crippen molar-refractivity contribution in [3.63, 3.8) is 0 Å². The molecule has 0 atom stereocenters. The fourth-order valence-corrected chi connectivity index (χ4v) is 7.05. The summed E-state index contributed by atoms with van der Waals surface area (Å²) >= 11 is 0. The van der Waals surface area contributed by atoms with E-state index in [0.29, 0.717) is 13.2 Å². The van der Waals surface area contributed by atoms with Crippen molar-refractivity contribution < 1.29 is 19.1 Å². The van der Waals surface area contributed by atoms with E-state index in [1.807, 2.05) is 60.7 Å². The number of hydrogen-bond acceptors (Lipinski definition) is 4. The molecule has 0 heterocycles. The number of unbranched alkanes of at least 4 members (excludes halogenated alkanes) is 6. The van der Waals surface area contributed by atoms with Gasteiger partial charge in [-0.15, -0.1) is 0 Å². The Bertz CT molecular complexity index is 1590. The number of carbonyl (C=O) groups is 2. The molecule has 0 radical (unpaired) electrons. The molecule has 1 aliphatic carbocycles. The van der Waals surface area contributed by atoms with E-state index in [0.717, 1.165) is 75.3 Å². The Morgan fingerprint density at radius 2 is 0.939 bits per heavy atom. The van der Waals surface area contributed by atoms with Crippen LogP contribution >= 0.6 is 0 Å². The van der Waals surface area contributed by atoms with Gasteiger partial charge in [-0.3, -0.25) is 0 Å². The molecule has 0 spiro atoms. The van der Waals surface area contributed by atoms with Gasteiger partial charge < -0.3 is 9.47 Å². The van der Waals surface area contributed by atoms with E-state index in [4.69, 9.17) is 9.47 Å². The van der Waals surface area contributed by atoms with Crippen LogP contribution in [-0.2, 0) is 24.5 Å². The molecule has 5 rings (SSSR count). The van der Waals surface area contributed by atoms with E-state index in [1.165, 1.54) is 45.5 Å². The average molecular weight is 655 g/mol. The monoisotopic (exact) mass is 654 g/mol. The zero-order chi connectivity index (χ0) is 34.3. The zero-order valence-electron chi connectivity index (χ0n) is 29.2. The number of aryl methyl sites for hydroxylation is 2. The van der Waals surface area contributed by atoms with Crippen molar-refractivity contribution >= 4 is 24.1 Å². The number of esters is 2. The number of rotatable bonds is 18. The van der Waals surface area contributed by atoms with Crippen LogP contribution in [0.2, 0.25) is 0 Å². The van der Waals surface area contributed by atoms with Crippen LogP contribution in [0.1, 0.15) is 97.6 Å². The van der Waals surface area contributed by atoms with Gasteiger partial charge in [0.05, 0.1) is 13.2 Å². The normalized spacial score (nSPS) is 13.0.